The fraction of sp³-hybridized carbons (Fsp3) is 0.286. The number of methoxy groups -OCH3 is 1. The van der Waals surface area contributed by atoms with Crippen LogP contribution in [0.1, 0.15) is 11.1 Å². The number of rotatable bonds is 8. The molecule has 170 valence electrons. The first-order valence-electron chi connectivity index (χ1n) is 9.65. The van der Waals surface area contributed by atoms with Crippen LogP contribution in [0.4, 0.5) is 5.69 Å². The molecular formula is C21H22N2O8S. The van der Waals surface area contributed by atoms with Gasteiger partial charge in [-0.25, -0.2) is 13.2 Å². The van der Waals surface area contributed by atoms with Crippen molar-refractivity contribution in [3.63, 3.8) is 0 Å². The molecule has 10 nitrogen and oxygen atoms in total. The van der Waals surface area contributed by atoms with Crippen molar-refractivity contribution in [2.45, 2.75) is 11.5 Å². The molecule has 0 unspecified atom stereocenters. The minimum Gasteiger partial charge on any atom is -0.495 e. The minimum absolute atomic E-state index is 0.00554. The van der Waals surface area contributed by atoms with Gasteiger partial charge in [-0.05, 0) is 29.3 Å². The predicted octanol–water partition coefficient (Wildman–Crippen LogP) is 2.38. The number of esters is 1. The summed E-state index contributed by atoms with van der Waals surface area (Å²) in [4.78, 5) is 22.3. The largest absolute Gasteiger partial charge is 0.495 e. The summed E-state index contributed by atoms with van der Waals surface area (Å²) in [6.45, 7) is 0.990. The number of nitrogens with zero attached hydrogens (tertiary/aromatic N) is 2. The lowest BCUT2D eigenvalue weighted by atomic mass is 10.2. The van der Waals surface area contributed by atoms with Gasteiger partial charge in [-0.1, -0.05) is 18.2 Å². The molecule has 0 spiro atoms. The number of hydrogen-bond acceptors (Lipinski definition) is 8. The van der Waals surface area contributed by atoms with Crippen molar-refractivity contribution < 1.29 is 32.3 Å². The molecule has 32 heavy (non-hydrogen) atoms. The van der Waals surface area contributed by atoms with E-state index < -0.39 is 20.9 Å². The predicted molar refractivity (Wildman–Crippen MR) is 114 cm³/mol. The molecule has 1 saturated heterocycles. The summed E-state index contributed by atoms with van der Waals surface area (Å²) in [5.74, 6) is -0.480. The molecule has 0 N–H and O–H groups in total. The number of hydrogen-bond donors (Lipinski definition) is 0. The highest BCUT2D eigenvalue weighted by molar-refractivity contribution is 7.89. The Morgan fingerprint density at radius 3 is 2.66 bits per heavy atom. The number of morpholine rings is 1. The summed E-state index contributed by atoms with van der Waals surface area (Å²) < 4.78 is 42.9. The molecular weight excluding hydrogens is 440 g/mol. The molecule has 0 amide bonds. The third kappa shape index (κ3) is 5.69. The van der Waals surface area contributed by atoms with Crippen LogP contribution in [0.5, 0.6) is 5.75 Å². The van der Waals surface area contributed by atoms with Crippen molar-refractivity contribution in [2.24, 2.45) is 0 Å². The molecule has 1 aliphatic heterocycles. The molecule has 11 heteroatoms. The third-order valence-corrected chi connectivity index (χ3v) is 6.61. The normalized spacial score (nSPS) is 14.9. The van der Waals surface area contributed by atoms with Crippen LogP contribution in [0.3, 0.4) is 0 Å². The summed E-state index contributed by atoms with van der Waals surface area (Å²) >= 11 is 0. The molecule has 0 bridgehead atoms. The van der Waals surface area contributed by atoms with Gasteiger partial charge in [0.05, 0.1) is 25.2 Å². The van der Waals surface area contributed by atoms with E-state index in [0.29, 0.717) is 24.3 Å². The van der Waals surface area contributed by atoms with Crippen LogP contribution in [0, 0.1) is 10.1 Å². The van der Waals surface area contributed by atoms with E-state index in [-0.39, 0.29) is 36.0 Å². The summed E-state index contributed by atoms with van der Waals surface area (Å²) in [6.07, 6.45) is 2.58. The smallest absolute Gasteiger partial charge is 0.331 e. The Hall–Kier alpha value is -3.28. The van der Waals surface area contributed by atoms with Gasteiger partial charge >= 0.3 is 5.97 Å². The first-order valence-corrected chi connectivity index (χ1v) is 11.1. The zero-order valence-corrected chi connectivity index (χ0v) is 18.1. The van der Waals surface area contributed by atoms with Crippen molar-refractivity contribution >= 4 is 27.8 Å². The maximum Gasteiger partial charge on any atom is 0.331 e. The topological polar surface area (TPSA) is 125 Å². The highest BCUT2D eigenvalue weighted by Gasteiger charge is 2.29. The average molecular weight is 462 g/mol. The number of benzene rings is 2. The molecule has 3 rings (SSSR count). The Kier molecular flexibility index (Phi) is 7.57. The van der Waals surface area contributed by atoms with E-state index in [1.165, 1.54) is 47.8 Å². The summed E-state index contributed by atoms with van der Waals surface area (Å²) in [5, 5.41) is 10.8. The van der Waals surface area contributed by atoms with E-state index in [1.54, 1.807) is 12.1 Å². The van der Waals surface area contributed by atoms with Gasteiger partial charge in [0.1, 0.15) is 17.3 Å². The van der Waals surface area contributed by atoms with E-state index in [9.17, 15) is 23.3 Å². The molecule has 0 atom stereocenters. The SMILES string of the molecule is COc1ccc(/C=C/C(=O)OCc2cccc([N+](=O)[O-])c2)cc1S(=O)(=O)N1CCOCC1. The lowest BCUT2D eigenvalue weighted by Crippen LogP contribution is -2.40. The van der Waals surface area contributed by atoms with Crippen LogP contribution in [-0.2, 0) is 30.9 Å². The van der Waals surface area contributed by atoms with Crippen molar-refractivity contribution in [2.75, 3.05) is 33.4 Å². The summed E-state index contributed by atoms with van der Waals surface area (Å²) in [6, 6.07) is 10.3. The molecule has 2 aromatic rings. The van der Waals surface area contributed by atoms with E-state index >= 15 is 0 Å². The fourth-order valence-corrected chi connectivity index (χ4v) is 4.65. The number of carbonyl (C=O) groups is 1. The van der Waals surface area contributed by atoms with E-state index in [0.717, 1.165) is 6.08 Å². The zero-order chi connectivity index (χ0) is 23.1. The Morgan fingerprint density at radius 1 is 1.22 bits per heavy atom. The van der Waals surface area contributed by atoms with E-state index in [1.807, 2.05) is 0 Å². The molecule has 1 fully saturated rings. The van der Waals surface area contributed by atoms with Gasteiger partial charge in [-0.2, -0.15) is 4.31 Å². The quantitative estimate of drug-likeness (QED) is 0.253. The number of nitro benzene ring substituents is 1. The number of non-ortho nitro benzene ring substituents is 1. The molecule has 1 aliphatic rings. The van der Waals surface area contributed by atoms with Gasteiger partial charge in [0, 0.05) is 31.3 Å². The van der Waals surface area contributed by atoms with E-state index in [2.05, 4.69) is 0 Å². The van der Waals surface area contributed by atoms with Gasteiger partial charge in [-0.15, -0.1) is 0 Å². The fourth-order valence-electron chi connectivity index (χ4n) is 3.05. The monoisotopic (exact) mass is 462 g/mol. The zero-order valence-electron chi connectivity index (χ0n) is 17.3. The Balaban J connectivity index is 1.71. The lowest BCUT2D eigenvalue weighted by molar-refractivity contribution is -0.384. The Morgan fingerprint density at radius 2 is 1.97 bits per heavy atom. The third-order valence-electron chi connectivity index (χ3n) is 4.69. The first kappa shape index (κ1) is 23.4. The van der Waals surface area contributed by atoms with Crippen LogP contribution < -0.4 is 4.74 Å². The maximum atomic E-state index is 13.0. The van der Waals surface area contributed by atoms with Crippen molar-refractivity contribution in [1.82, 2.24) is 4.31 Å². The highest BCUT2D eigenvalue weighted by Crippen LogP contribution is 2.29. The van der Waals surface area contributed by atoms with Gasteiger partial charge in [0.25, 0.3) is 5.69 Å². The minimum atomic E-state index is -3.80. The molecule has 0 radical (unpaired) electrons. The standard InChI is InChI=1S/C21H22N2O8S/c1-29-19-7-5-16(14-20(19)32(27,28)22-9-11-30-12-10-22)6-8-21(24)31-15-17-3-2-4-18(13-17)23(25)26/h2-8,13-14H,9-12,15H2,1H3/b8-6+. The number of ether oxygens (including phenoxy) is 3. The maximum absolute atomic E-state index is 13.0. The molecule has 0 aromatic heterocycles. The van der Waals surface area contributed by atoms with Crippen LogP contribution >= 0.6 is 0 Å². The molecule has 1 heterocycles. The number of sulfonamides is 1. The van der Waals surface area contributed by atoms with Gasteiger partial charge < -0.3 is 14.2 Å². The second-order valence-corrected chi connectivity index (χ2v) is 8.70. The van der Waals surface area contributed by atoms with Crippen LogP contribution in [-0.4, -0.2) is 57.0 Å². The van der Waals surface area contributed by atoms with E-state index in [4.69, 9.17) is 14.2 Å². The van der Waals surface area contributed by atoms with Crippen LogP contribution in [0.15, 0.2) is 53.4 Å². The Labute approximate surface area is 185 Å². The Bertz CT molecular complexity index is 1120. The van der Waals surface area contributed by atoms with Gasteiger partial charge in [0.2, 0.25) is 10.0 Å². The number of nitro groups is 1. The van der Waals surface area contributed by atoms with Crippen LogP contribution in [0.25, 0.3) is 6.08 Å². The second-order valence-electron chi connectivity index (χ2n) is 6.79. The first-order chi connectivity index (χ1) is 15.3. The second kappa shape index (κ2) is 10.4. The molecule has 2 aromatic carbocycles. The van der Waals surface area contributed by atoms with Crippen molar-refractivity contribution in [3.05, 3.63) is 69.8 Å². The molecule has 0 aliphatic carbocycles. The highest BCUT2D eigenvalue weighted by atomic mass is 32.2. The van der Waals surface area contributed by atoms with Crippen molar-refractivity contribution in [3.8, 4) is 5.75 Å². The summed E-state index contributed by atoms with van der Waals surface area (Å²) in [5.41, 5.74) is 0.843. The summed E-state index contributed by atoms with van der Waals surface area (Å²) in [7, 11) is -2.42. The average Bonchev–Trinajstić information content (AvgIpc) is 2.82. The molecule has 0 saturated carbocycles. The van der Waals surface area contributed by atoms with Crippen LogP contribution in [0.2, 0.25) is 0 Å². The lowest BCUT2D eigenvalue weighted by Gasteiger charge is -2.26. The van der Waals surface area contributed by atoms with Gasteiger partial charge in [-0.3, -0.25) is 10.1 Å². The number of carbonyl (C=O) groups excluding carboxylic acids is 1. The van der Waals surface area contributed by atoms with Crippen molar-refractivity contribution in [1.29, 1.82) is 0 Å². The van der Waals surface area contributed by atoms with Gasteiger partial charge in [0.15, 0.2) is 0 Å².